The van der Waals surface area contributed by atoms with E-state index in [1.54, 1.807) is 10.7 Å². The molecule has 2 aliphatic heterocycles. The average Bonchev–Trinajstić information content (AvgIpc) is 3.66. The third kappa shape index (κ3) is 4.37. The van der Waals surface area contributed by atoms with Crippen molar-refractivity contribution in [3.63, 3.8) is 0 Å². The molecule has 2 aliphatic rings. The van der Waals surface area contributed by atoms with Gasteiger partial charge in [0.05, 0.1) is 23.3 Å². The van der Waals surface area contributed by atoms with Crippen molar-refractivity contribution in [2.75, 3.05) is 36.9 Å². The Labute approximate surface area is 223 Å². The first kappa shape index (κ1) is 23.2. The summed E-state index contributed by atoms with van der Waals surface area (Å²) in [5.74, 6) is 2.48. The van der Waals surface area contributed by atoms with Gasteiger partial charge >= 0.3 is 0 Å². The largest absolute Gasteiger partial charge is 0.354 e. The fraction of sp³-hybridized carbons (Fsp3) is 0.333. The fourth-order valence-electron chi connectivity index (χ4n) is 5.39. The molecule has 10 nitrogen and oxygen atoms in total. The molecule has 38 heavy (non-hydrogen) atoms. The first-order valence-electron chi connectivity index (χ1n) is 13.0. The summed E-state index contributed by atoms with van der Waals surface area (Å²) < 4.78 is 5.00. The molecule has 1 aromatic carbocycles. The van der Waals surface area contributed by atoms with E-state index in [0.29, 0.717) is 6.54 Å². The zero-order valence-corrected chi connectivity index (χ0v) is 22.0. The van der Waals surface area contributed by atoms with Crippen LogP contribution in [0, 0.1) is 0 Å². The number of carbonyl (C=O) groups excluding carboxylic acids is 1. The van der Waals surface area contributed by atoms with Crippen LogP contribution in [0.2, 0.25) is 0 Å². The highest BCUT2D eigenvalue weighted by Gasteiger charge is 2.25. The van der Waals surface area contributed by atoms with Gasteiger partial charge in [-0.3, -0.25) is 14.4 Å². The Morgan fingerprint density at radius 2 is 2.03 bits per heavy atom. The summed E-state index contributed by atoms with van der Waals surface area (Å²) in [6.07, 6.45) is 3.68. The molecule has 0 bridgehead atoms. The fourth-order valence-corrected chi connectivity index (χ4v) is 6.36. The van der Waals surface area contributed by atoms with E-state index in [1.807, 2.05) is 36.4 Å². The van der Waals surface area contributed by atoms with E-state index in [4.69, 9.17) is 10.1 Å². The van der Waals surface area contributed by atoms with Gasteiger partial charge < -0.3 is 15.5 Å². The van der Waals surface area contributed by atoms with E-state index in [0.717, 1.165) is 77.1 Å². The number of likely N-dealkylation sites (N-methyl/N-ethyl adjacent to an activating group) is 1. The van der Waals surface area contributed by atoms with Crippen LogP contribution in [0.5, 0.6) is 0 Å². The van der Waals surface area contributed by atoms with Crippen LogP contribution in [0.15, 0.2) is 54.7 Å². The summed E-state index contributed by atoms with van der Waals surface area (Å²) in [5, 5.41) is 17.1. The van der Waals surface area contributed by atoms with Gasteiger partial charge in [-0.25, -0.2) is 4.98 Å². The van der Waals surface area contributed by atoms with Gasteiger partial charge in [0.25, 0.3) is 5.91 Å². The second-order valence-corrected chi connectivity index (χ2v) is 11.2. The highest BCUT2D eigenvalue weighted by molar-refractivity contribution is 7.20. The Morgan fingerprint density at radius 1 is 1.11 bits per heavy atom. The number of thiophene rings is 1. The Bertz CT molecular complexity index is 1600. The number of fused-ring (bicyclic) bond motifs is 3. The normalized spacial score (nSPS) is 18.1. The summed E-state index contributed by atoms with van der Waals surface area (Å²) in [7, 11) is 2.13. The quantitative estimate of drug-likeness (QED) is 0.360. The van der Waals surface area contributed by atoms with Crippen molar-refractivity contribution in [3.8, 4) is 0 Å². The zero-order valence-electron chi connectivity index (χ0n) is 21.2. The van der Waals surface area contributed by atoms with E-state index in [1.165, 1.54) is 17.0 Å². The van der Waals surface area contributed by atoms with Gasteiger partial charge in [-0.05, 0) is 37.4 Å². The molecule has 2 N–H and O–H groups in total. The predicted octanol–water partition coefficient (Wildman–Crippen LogP) is 3.73. The average molecular weight is 528 g/mol. The molecule has 1 atom stereocenters. The molecule has 5 aromatic rings. The maximum absolute atomic E-state index is 13.1. The molecule has 0 spiro atoms. The SMILES string of the molecule is CN1CCn2nc(Nc3cc(N4CCC[C@@H](NC(=O)c5cc6ccccc6s5)C4)nc4ccnn34)cc2C1. The van der Waals surface area contributed by atoms with Crippen molar-refractivity contribution in [2.45, 2.75) is 32.0 Å². The van der Waals surface area contributed by atoms with Crippen LogP contribution in [0.4, 0.5) is 17.5 Å². The molecule has 0 unspecified atom stereocenters. The van der Waals surface area contributed by atoms with Gasteiger partial charge in [0, 0.05) is 55.1 Å². The van der Waals surface area contributed by atoms with Crippen molar-refractivity contribution in [1.29, 1.82) is 0 Å². The number of nitrogens with one attached hydrogen (secondary N) is 2. The smallest absolute Gasteiger partial charge is 0.261 e. The highest BCUT2D eigenvalue weighted by Crippen LogP contribution is 2.27. The zero-order chi connectivity index (χ0) is 25.6. The van der Waals surface area contributed by atoms with Crippen molar-refractivity contribution in [3.05, 3.63) is 65.3 Å². The van der Waals surface area contributed by atoms with E-state index in [9.17, 15) is 4.79 Å². The van der Waals surface area contributed by atoms with Crippen LogP contribution < -0.4 is 15.5 Å². The topological polar surface area (TPSA) is 95.6 Å². The Morgan fingerprint density at radius 3 is 2.95 bits per heavy atom. The van der Waals surface area contributed by atoms with E-state index >= 15 is 0 Å². The molecule has 11 heteroatoms. The first-order chi connectivity index (χ1) is 18.6. The van der Waals surface area contributed by atoms with Crippen LogP contribution in [0.1, 0.15) is 28.2 Å². The van der Waals surface area contributed by atoms with Crippen LogP contribution in [-0.4, -0.2) is 67.9 Å². The van der Waals surface area contributed by atoms with Crippen LogP contribution in [-0.2, 0) is 13.1 Å². The number of rotatable bonds is 5. The molecule has 6 heterocycles. The summed E-state index contributed by atoms with van der Waals surface area (Å²) in [6, 6.07) is 16.2. The maximum Gasteiger partial charge on any atom is 0.261 e. The number of hydrogen-bond acceptors (Lipinski definition) is 8. The number of benzene rings is 1. The van der Waals surface area contributed by atoms with Crippen LogP contribution >= 0.6 is 11.3 Å². The Balaban J connectivity index is 1.10. The minimum Gasteiger partial charge on any atom is -0.354 e. The van der Waals surface area contributed by atoms with E-state index in [2.05, 4.69) is 49.4 Å². The van der Waals surface area contributed by atoms with Gasteiger partial charge in [-0.2, -0.15) is 14.7 Å². The third-order valence-corrected chi connectivity index (χ3v) is 8.44. The minimum absolute atomic E-state index is 0.00555. The van der Waals surface area contributed by atoms with Gasteiger partial charge in [0.2, 0.25) is 0 Å². The first-order valence-corrected chi connectivity index (χ1v) is 13.8. The van der Waals surface area contributed by atoms with Gasteiger partial charge in [0.15, 0.2) is 11.5 Å². The molecule has 4 aromatic heterocycles. The lowest BCUT2D eigenvalue weighted by Gasteiger charge is -2.34. The standard InChI is InChI=1S/C27H29N9OS/c1-33-11-12-35-20(17-33)14-23(32-35)30-26-15-25(31-24-8-9-28-36(24)26)34-10-4-6-19(16-34)29-27(37)22-13-18-5-2-3-7-21(18)38-22/h2-3,5,7-9,13-15,19H,4,6,10-12,16-17H2,1H3,(H,29,37)(H,30,32)/t19-/m1/s1. The summed E-state index contributed by atoms with van der Waals surface area (Å²) in [4.78, 5) is 23.2. The molecule has 194 valence electrons. The predicted molar refractivity (Wildman–Crippen MR) is 149 cm³/mol. The molecular weight excluding hydrogens is 498 g/mol. The number of piperidine rings is 1. The highest BCUT2D eigenvalue weighted by atomic mass is 32.1. The van der Waals surface area contributed by atoms with Gasteiger partial charge in [0.1, 0.15) is 11.6 Å². The minimum atomic E-state index is -0.00555. The second-order valence-electron chi connectivity index (χ2n) is 10.1. The van der Waals surface area contributed by atoms with Crippen LogP contribution in [0.25, 0.3) is 15.7 Å². The lowest BCUT2D eigenvalue weighted by molar-refractivity contribution is 0.0937. The molecule has 1 saturated heterocycles. The number of carbonyl (C=O) groups is 1. The van der Waals surface area contributed by atoms with Crippen molar-refractivity contribution in [1.82, 2.24) is 34.6 Å². The molecule has 1 fully saturated rings. The number of aromatic nitrogens is 5. The number of amides is 1. The summed E-state index contributed by atoms with van der Waals surface area (Å²) in [5.41, 5.74) is 1.96. The second kappa shape index (κ2) is 9.41. The van der Waals surface area contributed by atoms with Gasteiger partial charge in [-0.15, -0.1) is 11.3 Å². The lowest BCUT2D eigenvalue weighted by Crippen LogP contribution is -2.48. The number of hydrogen-bond donors (Lipinski definition) is 2. The van der Waals surface area contributed by atoms with E-state index < -0.39 is 0 Å². The maximum atomic E-state index is 13.1. The summed E-state index contributed by atoms with van der Waals surface area (Å²) >= 11 is 1.54. The van der Waals surface area contributed by atoms with Crippen LogP contribution in [0.3, 0.4) is 0 Å². The molecule has 1 amide bonds. The van der Waals surface area contributed by atoms with Crippen molar-refractivity contribution < 1.29 is 4.79 Å². The molecule has 7 rings (SSSR count). The third-order valence-electron chi connectivity index (χ3n) is 7.32. The van der Waals surface area contributed by atoms with E-state index in [-0.39, 0.29) is 11.9 Å². The number of nitrogens with zero attached hydrogens (tertiary/aromatic N) is 7. The molecular formula is C27H29N9OS. The lowest BCUT2D eigenvalue weighted by atomic mass is 10.1. The van der Waals surface area contributed by atoms with Crippen molar-refractivity contribution >= 4 is 50.4 Å². The molecule has 0 aliphatic carbocycles. The molecule has 0 saturated carbocycles. The Hall–Kier alpha value is -3.96. The summed E-state index contributed by atoms with van der Waals surface area (Å²) in [6.45, 7) is 4.35. The molecule has 0 radical (unpaired) electrons. The van der Waals surface area contributed by atoms with Crippen molar-refractivity contribution in [2.24, 2.45) is 0 Å². The monoisotopic (exact) mass is 527 g/mol. The Kier molecular flexibility index (Phi) is 5.74. The number of anilines is 3. The van der Waals surface area contributed by atoms with Gasteiger partial charge in [-0.1, -0.05) is 18.2 Å².